The standard InChI is InChI=1S/C12H11NO4/c13-7-10-6-9(11(15)12(16)17)4-3-8(10)2-1-5-14/h3-6,11,15H,1-2H2,(H,16,17). The number of aliphatic hydroxyl groups is 1. The molecule has 0 aliphatic rings. The highest BCUT2D eigenvalue weighted by molar-refractivity contribution is 5.74. The van der Waals surface area contributed by atoms with Gasteiger partial charge in [0.25, 0.3) is 0 Å². The third kappa shape index (κ3) is 3.13. The van der Waals surface area contributed by atoms with E-state index < -0.39 is 12.1 Å². The zero-order valence-corrected chi connectivity index (χ0v) is 8.96. The summed E-state index contributed by atoms with van der Waals surface area (Å²) in [6.45, 7) is 0. The summed E-state index contributed by atoms with van der Waals surface area (Å²) in [7, 11) is 0. The zero-order valence-electron chi connectivity index (χ0n) is 8.96. The number of rotatable bonds is 5. The molecule has 1 aromatic rings. The van der Waals surface area contributed by atoms with Crippen LogP contribution in [0.15, 0.2) is 18.2 Å². The molecule has 1 atom stereocenters. The number of carbonyl (C=O) groups excluding carboxylic acids is 1. The molecule has 0 amide bonds. The maximum absolute atomic E-state index is 10.6. The average Bonchev–Trinajstić information content (AvgIpc) is 2.35. The fourth-order valence-corrected chi connectivity index (χ4v) is 1.44. The molecule has 0 radical (unpaired) electrons. The van der Waals surface area contributed by atoms with Gasteiger partial charge >= 0.3 is 5.97 Å². The van der Waals surface area contributed by atoms with E-state index >= 15 is 0 Å². The second-order valence-corrected chi connectivity index (χ2v) is 3.47. The summed E-state index contributed by atoms with van der Waals surface area (Å²) in [5.41, 5.74) is 1.11. The lowest BCUT2D eigenvalue weighted by molar-refractivity contribution is -0.146. The molecule has 1 unspecified atom stereocenters. The topological polar surface area (TPSA) is 98.4 Å². The maximum atomic E-state index is 10.6. The molecule has 0 saturated carbocycles. The van der Waals surface area contributed by atoms with Gasteiger partial charge in [-0.05, 0) is 23.6 Å². The largest absolute Gasteiger partial charge is 0.479 e. The molecule has 1 aromatic carbocycles. The smallest absolute Gasteiger partial charge is 0.337 e. The van der Waals surface area contributed by atoms with E-state index in [1.807, 2.05) is 6.07 Å². The number of nitrogens with zero attached hydrogens (tertiary/aromatic N) is 1. The number of aliphatic hydroxyl groups excluding tert-OH is 1. The lowest BCUT2D eigenvalue weighted by Crippen LogP contribution is -2.11. The van der Waals surface area contributed by atoms with E-state index in [0.717, 1.165) is 6.29 Å². The van der Waals surface area contributed by atoms with E-state index in [0.29, 0.717) is 18.4 Å². The van der Waals surface area contributed by atoms with Gasteiger partial charge in [-0.2, -0.15) is 5.26 Å². The van der Waals surface area contributed by atoms with E-state index in [4.69, 9.17) is 10.4 Å². The van der Waals surface area contributed by atoms with Crippen LogP contribution in [0.3, 0.4) is 0 Å². The number of aliphatic carboxylic acids is 1. The molecule has 5 heteroatoms. The number of benzene rings is 1. The Labute approximate surface area is 97.9 Å². The predicted octanol–water partition coefficient (Wildman–Crippen LogP) is 0.808. The summed E-state index contributed by atoms with van der Waals surface area (Å²) < 4.78 is 0. The molecule has 0 aromatic heterocycles. The molecule has 0 saturated heterocycles. The van der Waals surface area contributed by atoms with Crippen LogP contribution in [0.25, 0.3) is 0 Å². The number of nitriles is 1. The Hall–Kier alpha value is -2.19. The number of aryl methyl sites for hydroxylation is 1. The molecule has 0 aliphatic carbocycles. The van der Waals surface area contributed by atoms with Crippen molar-refractivity contribution in [2.45, 2.75) is 18.9 Å². The fourth-order valence-electron chi connectivity index (χ4n) is 1.44. The van der Waals surface area contributed by atoms with Crippen LogP contribution >= 0.6 is 0 Å². The Morgan fingerprint density at radius 1 is 1.53 bits per heavy atom. The van der Waals surface area contributed by atoms with E-state index in [1.54, 1.807) is 6.07 Å². The van der Waals surface area contributed by atoms with Crippen LogP contribution in [0.1, 0.15) is 29.2 Å². The Morgan fingerprint density at radius 2 is 2.24 bits per heavy atom. The van der Waals surface area contributed by atoms with Crippen LogP contribution in [0.2, 0.25) is 0 Å². The second-order valence-electron chi connectivity index (χ2n) is 3.47. The molecule has 0 fully saturated rings. The average molecular weight is 233 g/mol. The predicted molar refractivity (Wildman–Crippen MR) is 58.1 cm³/mol. The number of carbonyl (C=O) groups is 2. The van der Waals surface area contributed by atoms with E-state index in [2.05, 4.69) is 0 Å². The first kappa shape index (κ1) is 12.9. The van der Waals surface area contributed by atoms with E-state index in [-0.39, 0.29) is 11.1 Å². The number of carboxylic acid groups (broad SMARTS) is 1. The molecular formula is C12H11NO4. The zero-order chi connectivity index (χ0) is 12.8. The number of hydrogen-bond acceptors (Lipinski definition) is 4. The van der Waals surface area contributed by atoms with Crippen LogP contribution in [0.5, 0.6) is 0 Å². The molecule has 0 heterocycles. The summed E-state index contributed by atoms with van der Waals surface area (Å²) in [5.74, 6) is -1.37. The van der Waals surface area contributed by atoms with Gasteiger partial charge in [0.05, 0.1) is 11.6 Å². The first-order valence-corrected chi connectivity index (χ1v) is 4.97. The third-order valence-electron chi connectivity index (χ3n) is 2.34. The van der Waals surface area contributed by atoms with Crippen molar-refractivity contribution in [1.29, 1.82) is 5.26 Å². The Balaban J connectivity index is 3.04. The molecule has 0 bridgehead atoms. The molecule has 1 rings (SSSR count). The normalized spacial score (nSPS) is 11.5. The highest BCUT2D eigenvalue weighted by Crippen LogP contribution is 2.18. The van der Waals surface area contributed by atoms with Crippen molar-refractivity contribution in [2.24, 2.45) is 0 Å². The molecule has 0 aliphatic heterocycles. The molecule has 0 spiro atoms. The molecule has 88 valence electrons. The van der Waals surface area contributed by atoms with Crippen molar-refractivity contribution in [1.82, 2.24) is 0 Å². The molecule has 5 nitrogen and oxygen atoms in total. The van der Waals surface area contributed by atoms with Crippen molar-refractivity contribution in [3.63, 3.8) is 0 Å². The third-order valence-corrected chi connectivity index (χ3v) is 2.34. The van der Waals surface area contributed by atoms with Gasteiger partial charge in [-0.3, -0.25) is 0 Å². The highest BCUT2D eigenvalue weighted by Gasteiger charge is 2.17. The van der Waals surface area contributed by atoms with Crippen LogP contribution in [0.4, 0.5) is 0 Å². The van der Waals surface area contributed by atoms with Crippen LogP contribution in [-0.4, -0.2) is 22.5 Å². The summed E-state index contributed by atoms with van der Waals surface area (Å²) in [4.78, 5) is 20.8. The second kappa shape index (κ2) is 5.77. The van der Waals surface area contributed by atoms with Gasteiger partial charge in [0.15, 0.2) is 6.10 Å². The first-order chi connectivity index (χ1) is 8.10. The van der Waals surface area contributed by atoms with Crippen molar-refractivity contribution >= 4 is 12.3 Å². The Bertz CT molecular complexity index is 476. The van der Waals surface area contributed by atoms with Crippen LogP contribution < -0.4 is 0 Å². The van der Waals surface area contributed by atoms with Gasteiger partial charge < -0.3 is 15.0 Å². The van der Waals surface area contributed by atoms with Crippen molar-refractivity contribution in [3.8, 4) is 6.07 Å². The van der Waals surface area contributed by atoms with E-state index in [1.165, 1.54) is 12.1 Å². The Kier molecular flexibility index (Phi) is 4.37. The Morgan fingerprint density at radius 3 is 2.76 bits per heavy atom. The number of hydrogen-bond donors (Lipinski definition) is 2. The summed E-state index contributed by atoms with van der Waals surface area (Å²) in [5, 5.41) is 26.8. The van der Waals surface area contributed by atoms with Gasteiger partial charge in [-0.15, -0.1) is 0 Å². The quantitative estimate of drug-likeness (QED) is 0.733. The summed E-state index contributed by atoms with van der Waals surface area (Å²) in [6, 6.07) is 6.25. The van der Waals surface area contributed by atoms with Gasteiger partial charge in [0.1, 0.15) is 6.29 Å². The minimum Gasteiger partial charge on any atom is -0.479 e. The number of carboxylic acids is 1. The summed E-state index contributed by atoms with van der Waals surface area (Å²) in [6.07, 6.45) is -0.158. The summed E-state index contributed by atoms with van der Waals surface area (Å²) >= 11 is 0. The highest BCUT2D eigenvalue weighted by atomic mass is 16.4. The maximum Gasteiger partial charge on any atom is 0.337 e. The SMILES string of the molecule is N#Cc1cc(C(O)C(=O)O)ccc1CCC=O. The molecular weight excluding hydrogens is 222 g/mol. The minimum atomic E-state index is -1.64. The van der Waals surface area contributed by atoms with Crippen molar-refractivity contribution < 1.29 is 19.8 Å². The minimum absolute atomic E-state index is 0.156. The van der Waals surface area contributed by atoms with Crippen LogP contribution in [-0.2, 0) is 16.0 Å². The number of aldehydes is 1. The van der Waals surface area contributed by atoms with Gasteiger partial charge in [0, 0.05) is 6.42 Å². The van der Waals surface area contributed by atoms with E-state index in [9.17, 15) is 14.7 Å². The monoisotopic (exact) mass is 233 g/mol. The molecule has 17 heavy (non-hydrogen) atoms. The lowest BCUT2D eigenvalue weighted by Gasteiger charge is -2.08. The van der Waals surface area contributed by atoms with Gasteiger partial charge in [-0.25, -0.2) is 4.79 Å². The van der Waals surface area contributed by atoms with Crippen LogP contribution in [0, 0.1) is 11.3 Å². The first-order valence-electron chi connectivity index (χ1n) is 4.97. The van der Waals surface area contributed by atoms with Crippen molar-refractivity contribution in [2.75, 3.05) is 0 Å². The van der Waals surface area contributed by atoms with Gasteiger partial charge in [-0.1, -0.05) is 12.1 Å². The van der Waals surface area contributed by atoms with Crippen molar-refractivity contribution in [3.05, 3.63) is 34.9 Å². The van der Waals surface area contributed by atoms with Gasteiger partial charge in [0.2, 0.25) is 0 Å². The fraction of sp³-hybridized carbons (Fsp3) is 0.250. The molecule has 2 N–H and O–H groups in total. The lowest BCUT2D eigenvalue weighted by atomic mass is 9.99.